The first-order chi connectivity index (χ1) is 14.3. The van der Waals surface area contributed by atoms with Gasteiger partial charge >= 0.3 is 0 Å². The SMILES string of the molecule is COc1ccccc1CC(=O)N1CCC(C(=O)Nc2ccc(S(N)(=O)=O)cc2)CC1. The number of nitrogens with zero attached hydrogens (tertiary/aromatic N) is 1. The van der Waals surface area contributed by atoms with Gasteiger partial charge in [0.2, 0.25) is 21.8 Å². The Labute approximate surface area is 176 Å². The summed E-state index contributed by atoms with van der Waals surface area (Å²) in [4.78, 5) is 26.9. The molecular formula is C21H25N3O5S. The maximum atomic E-state index is 12.6. The molecule has 0 aromatic heterocycles. The van der Waals surface area contributed by atoms with Crippen molar-refractivity contribution in [2.45, 2.75) is 24.2 Å². The average Bonchev–Trinajstić information content (AvgIpc) is 2.74. The molecule has 1 aliphatic rings. The molecule has 0 bridgehead atoms. The summed E-state index contributed by atoms with van der Waals surface area (Å²) in [5.74, 6) is 0.346. The minimum absolute atomic E-state index is 0.0111. The number of nitrogens with two attached hydrogens (primary N) is 1. The first-order valence-electron chi connectivity index (χ1n) is 9.61. The van der Waals surface area contributed by atoms with Crippen molar-refractivity contribution >= 4 is 27.5 Å². The number of rotatable bonds is 6. The lowest BCUT2D eigenvalue weighted by Crippen LogP contribution is -2.42. The van der Waals surface area contributed by atoms with E-state index in [4.69, 9.17) is 9.88 Å². The highest BCUT2D eigenvalue weighted by molar-refractivity contribution is 7.89. The number of anilines is 1. The molecule has 0 saturated carbocycles. The van der Waals surface area contributed by atoms with E-state index < -0.39 is 10.0 Å². The van der Waals surface area contributed by atoms with E-state index in [1.807, 2.05) is 24.3 Å². The van der Waals surface area contributed by atoms with E-state index in [-0.39, 0.29) is 29.0 Å². The normalized spacial score (nSPS) is 14.9. The van der Waals surface area contributed by atoms with Crippen LogP contribution in [-0.2, 0) is 26.0 Å². The lowest BCUT2D eigenvalue weighted by molar-refractivity contribution is -0.133. The van der Waals surface area contributed by atoms with E-state index in [0.717, 1.165) is 5.56 Å². The van der Waals surface area contributed by atoms with Crippen molar-refractivity contribution in [3.8, 4) is 5.75 Å². The average molecular weight is 432 g/mol. The van der Waals surface area contributed by atoms with Crippen molar-refractivity contribution in [1.82, 2.24) is 4.90 Å². The quantitative estimate of drug-likeness (QED) is 0.722. The summed E-state index contributed by atoms with van der Waals surface area (Å²) in [6.45, 7) is 1.02. The predicted molar refractivity (Wildman–Crippen MR) is 112 cm³/mol. The number of hydrogen-bond acceptors (Lipinski definition) is 5. The Morgan fingerprint density at radius 1 is 1.10 bits per heavy atom. The number of likely N-dealkylation sites (tertiary alicyclic amines) is 1. The summed E-state index contributed by atoms with van der Waals surface area (Å²) in [5, 5.41) is 7.87. The van der Waals surface area contributed by atoms with Gasteiger partial charge in [-0.1, -0.05) is 18.2 Å². The number of carbonyl (C=O) groups is 2. The van der Waals surface area contributed by atoms with Crippen LogP contribution < -0.4 is 15.2 Å². The first kappa shape index (κ1) is 21.8. The molecule has 1 fully saturated rings. The molecule has 2 aromatic rings. The summed E-state index contributed by atoms with van der Waals surface area (Å²) in [6, 6.07) is 13.1. The highest BCUT2D eigenvalue weighted by Crippen LogP contribution is 2.23. The summed E-state index contributed by atoms with van der Waals surface area (Å²) in [6.07, 6.45) is 1.40. The van der Waals surface area contributed by atoms with Crippen molar-refractivity contribution in [3.63, 3.8) is 0 Å². The lowest BCUT2D eigenvalue weighted by atomic mass is 9.95. The van der Waals surface area contributed by atoms with E-state index in [1.54, 1.807) is 12.0 Å². The van der Waals surface area contributed by atoms with Gasteiger partial charge in [-0.3, -0.25) is 9.59 Å². The number of benzene rings is 2. The van der Waals surface area contributed by atoms with Crippen molar-refractivity contribution < 1.29 is 22.7 Å². The van der Waals surface area contributed by atoms with Crippen LogP contribution in [0.2, 0.25) is 0 Å². The van der Waals surface area contributed by atoms with Gasteiger partial charge in [0.25, 0.3) is 0 Å². The summed E-state index contributed by atoms with van der Waals surface area (Å²) < 4.78 is 27.9. The summed E-state index contributed by atoms with van der Waals surface area (Å²) in [7, 11) is -2.19. The Hall–Kier alpha value is -2.91. The third kappa shape index (κ3) is 5.37. The van der Waals surface area contributed by atoms with Crippen LogP contribution in [0, 0.1) is 5.92 Å². The molecule has 9 heteroatoms. The molecule has 3 N–H and O–H groups in total. The number of carbonyl (C=O) groups excluding carboxylic acids is 2. The monoisotopic (exact) mass is 431 g/mol. The van der Waals surface area contributed by atoms with Crippen LogP contribution >= 0.6 is 0 Å². The van der Waals surface area contributed by atoms with Crippen LogP contribution in [0.5, 0.6) is 5.75 Å². The van der Waals surface area contributed by atoms with E-state index in [1.165, 1.54) is 24.3 Å². The van der Waals surface area contributed by atoms with E-state index in [9.17, 15) is 18.0 Å². The van der Waals surface area contributed by atoms with Crippen molar-refractivity contribution in [2.75, 3.05) is 25.5 Å². The number of sulfonamides is 1. The van der Waals surface area contributed by atoms with E-state index >= 15 is 0 Å². The molecule has 1 saturated heterocycles. The number of para-hydroxylation sites is 1. The second kappa shape index (κ2) is 9.27. The van der Waals surface area contributed by atoms with Gasteiger partial charge in [-0.15, -0.1) is 0 Å². The van der Waals surface area contributed by atoms with Gasteiger partial charge in [0.15, 0.2) is 0 Å². The van der Waals surface area contributed by atoms with Crippen LogP contribution in [0.25, 0.3) is 0 Å². The maximum absolute atomic E-state index is 12.6. The summed E-state index contributed by atoms with van der Waals surface area (Å²) >= 11 is 0. The molecule has 1 heterocycles. The van der Waals surface area contributed by atoms with Gasteiger partial charge in [0, 0.05) is 30.3 Å². The fraction of sp³-hybridized carbons (Fsp3) is 0.333. The molecule has 1 aliphatic heterocycles. The van der Waals surface area contributed by atoms with Gasteiger partial charge < -0.3 is 15.0 Å². The van der Waals surface area contributed by atoms with Crippen LogP contribution in [0.3, 0.4) is 0 Å². The minimum Gasteiger partial charge on any atom is -0.496 e. The van der Waals surface area contributed by atoms with Crippen molar-refractivity contribution in [3.05, 3.63) is 54.1 Å². The standard InChI is InChI=1S/C21H25N3O5S/c1-29-19-5-3-2-4-16(19)14-20(25)24-12-10-15(11-13-24)21(26)23-17-6-8-18(9-7-17)30(22,27)28/h2-9,15H,10-14H2,1H3,(H,23,26)(H2,22,27,28). The number of ether oxygens (including phenoxy) is 1. The van der Waals surface area contributed by atoms with Crippen LogP contribution in [0.4, 0.5) is 5.69 Å². The van der Waals surface area contributed by atoms with Gasteiger partial charge in [0.1, 0.15) is 5.75 Å². The van der Waals surface area contributed by atoms with Crippen molar-refractivity contribution in [1.29, 1.82) is 0 Å². The number of methoxy groups -OCH3 is 1. The second-order valence-electron chi connectivity index (χ2n) is 7.20. The molecule has 0 unspecified atom stereocenters. The van der Waals surface area contributed by atoms with Crippen molar-refractivity contribution in [2.24, 2.45) is 11.1 Å². The molecule has 0 aliphatic carbocycles. The Morgan fingerprint density at radius 3 is 2.33 bits per heavy atom. The molecule has 0 atom stereocenters. The molecule has 2 amide bonds. The molecule has 0 radical (unpaired) electrons. The Morgan fingerprint density at radius 2 is 1.73 bits per heavy atom. The molecule has 3 rings (SSSR count). The topological polar surface area (TPSA) is 119 Å². The Kier molecular flexibility index (Phi) is 6.73. The zero-order valence-electron chi connectivity index (χ0n) is 16.7. The van der Waals surface area contributed by atoms with Crippen LogP contribution in [0.1, 0.15) is 18.4 Å². The Balaban J connectivity index is 1.52. The zero-order valence-corrected chi connectivity index (χ0v) is 17.5. The van der Waals surface area contributed by atoms with Crippen LogP contribution in [0.15, 0.2) is 53.4 Å². The van der Waals surface area contributed by atoms with Gasteiger partial charge in [-0.25, -0.2) is 13.6 Å². The van der Waals surface area contributed by atoms with Gasteiger partial charge in [0.05, 0.1) is 18.4 Å². The first-order valence-corrected chi connectivity index (χ1v) is 11.2. The molecule has 2 aromatic carbocycles. The summed E-state index contributed by atoms with van der Waals surface area (Å²) in [5.41, 5.74) is 1.34. The minimum atomic E-state index is -3.77. The molecule has 160 valence electrons. The fourth-order valence-corrected chi connectivity index (χ4v) is 4.00. The highest BCUT2D eigenvalue weighted by atomic mass is 32.2. The number of hydrogen-bond donors (Lipinski definition) is 2. The van der Waals surface area contributed by atoms with Crippen LogP contribution in [-0.4, -0.2) is 45.3 Å². The van der Waals surface area contributed by atoms with E-state index in [2.05, 4.69) is 5.32 Å². The lowest BCUT2D eigenvalue weighted by Gasteiger charge is -2.31. The number of primary sulfonamides is 1. The smallest absolute Gasteiger partial charge is 0.238 e. The fourth-order valence-electron chi connectivity index (χ4n) is 3.49. The second-order valence-corrected chi connectivity index (χ2v) is 8.76. The zero-order chi connectivity index (χ0) is 21.7. The third-order valence-corrected chi connectivity index (χ3v) is 6.13. The highest BCUT2D eigenvalue weighted by Gasteiger charge is 2.27. The molecular weight excluding hydrogens is 406 g/mol. The Bertz CT molecular complexity index is 1010. The molecule has 0 spiro atoms. The van der Waals surface area contributed by atoms with Gasteiger partial charge in [-0.05, 0) is 43.2 Å². The molecule has 30 heavy (non-hydrogen) atoms. The van der Waals surface area contributed by atoms with E-state index in [0.29, 0.717) is 37.4 Å². The number of piperidine rings is 1. The maximum Gasteiger partial charge on any atom is 0.238 e. The predicted octanol–water partition coefficient (Wildman–Crippen LogP) is 1.76. The number of amides is 2. The largest absolute Gasteiger partial charge is 0.496 e. The molecule has 8 nitrogen and oxygen atoms in total. The number of nitrogens with one attached hydrogen (secondary N) is 1. The third-order valence-electron chi connectivity index (χ3n) is 5.20. The van der Waals surface area contributed by atoms with Gasteiger partial charge in [-0.2, -0.15) is 0 Å².